The first-order chi connectivity index (χ1) is 15.2. The van der Waals surface area contributed by atoms with Crippen molar-refractivity contribution in [3.63, 3.8) is 0 Å². The van der Waals surface area contributed by atoms with Gasteiger partial charge in [-0.25, -0.2) is 14.4 Å². The number of nitrogens with zero attached hydrogens (tertiary/aromatic N) is 3. The van der Waals surface area contributed by atoms with Gasteiger partial charge in [0.25, 0.3) is 0 Å². The summed E-state index contributed by atoms with van der Waals surface area (Å²) in [7, 11) is 1.67. The summed E-state index contributed by atoms with van der Waals surface area (Å²) >= 11 is 1.51. The molecule has 0 bridgehead atoms. The average molecular weight is 464 g/mol. The smallest absolute Gasteiger partial charge is 0.338 e. The third-order valence-corrected chi connectivity index (χ3v) is 6.41. The van der Waals surface area contributed by atoms with Gasteiger partial charge >= 0.3 is 18.0 Å². The van der Waals surface area contributed by atoms with E-state index in [0.717, 1.165) is 5.56 Å². The minimum atomic E-state index is -0.547. The Labute approximate surface area is 193 Å². The fourth-order valence-corrected chi connectivity index (χ4v) is 4.79. The van der Waals surface area contributed by atoms with Crippen molar-refractivity contribution in [1.82, 2.24) is 25.3 Å². The molecule has 2 N–H and O–H groups in total. The summed E-state index contributed by atoms with van der Waals surface area (Å²) in [5.74, 6) is -0.423. The molecule has 1 fully saturated rings. The van der Waals surface area contributed by atoms with Crippen molar-refractivity contribution in [1.29, 1.82) is 0 Å². The second kappa shape index (κ2) is 10.4. The molecule has 2 aliphatic heterocycles. The van der Waals surface area contributed by atoms with E-state index >= 15 is 0 Å². The minimum absolute atomic E-state index is 0.00420. The summed E-state index contributed by atoms with van der Waals surface area (Å²) < 4.78 is 5.37. The first kappa shape index (κ1) is 24.1. The van der Waals surface area contributed by atoms with Crippen molar-refractivity contribution in [3.8, 4) is 0 Å². The summed E-state index contributed by atoms with van der Waals surface area (Å²) in [6, 6.07) is 1.12. The number of esters is 1. The Hall–Kier alpha value is -2.59. The number of carbonyl (C=O) groups is 3. The minimum Gasteiger partial charge on any atom is -0.463 e. The summed E-state index contributed by atoms with van der Waals surface area (Å²) in [6.45, 7) is 10.2. The monoisotopic (exact) mass is 463 g/mol. The Morgan fingerprint density at radius 2 is 2.09 bits per heavy atom. The Morgan fingerprint density at radius 1 is 1.34 bits per heavy atom. The molecule has 0 spiro atoms. The normalized spacial score (nSPS) is 22.2. The van der Waals surface area contributed by atoms with Crippen molar-refractivity contribution >= 4 is 29.4 Å². The summed E-state index contributed by atoms with van der Waals surface area (Å²) in [6.07, 6.45) is 0. The van der Waals surface area contributed by atoms with E-state index in [2.05, 4.69) is 15.5 Å². The topological polar surface area (TPSA) is 94.2 Å². The molecule has 4 amide bonds. The highest BCUT2D eigenvalue weighted by atomic mass is 32.1. The van der Waals surface area contributed by atoms with Crippen LogP contribution in [0.5, 0.6) is 0 Å². The van der Waals surface area contributed by atoms with E-state index in [1.54, 1.807) is 14.0 Å². The Bertz CT molecular complexity index is 870. The second-order valence-electron chi connectivity index (χ2n) is 8.46. The number of hydrogen-bond acceptors (Lipinski definition) is 6. The van der Waals surface area contributed by atoms with Gasteiger partial charge in [0.05, 0.1) is 18.2 Å². The molecular weight excluding hydrogens is 430 g/mol. The third kappa shape index (κ3) is 5.24. The molecule has 3 heterocycles. The molecule has 32 heavy (non-hydrogen) atoms. The van der Waals surface area contributed by atoms with E-state index in [0.29, 0.717) is 37.4 Å². The number of hydrogen-bond donors (Lipinski definition) is 2. The maximum Gasteiger partial charge on any atom is 0.338 e. The van der Waals surface area contributed by atoms with Gasteiger partial charge < -0.3 is 20.3 Å². The first-order valence-corrected chi connectivity index (χ1v) is 11.9. The van der Waals surface area contributed by atoms with Crippen LogP contribution >= 0.6 is 11.3 Å². The van der Waals surface area contributed by atoms with E-state index in [9.17, 15) is 14.4 Å². The molecular formula is C22H33N5O4S. The summed E-state index contributed by atoms with van der Waals surface area (Å²) in [4.78, 5) is 43.7. The van der Waals surface area contributed by atoms with Gasteiger partial charge in [0.1, 0.15) is 0 Å². The molecule has 2 atom stereocenters. The highest BCUT2D eigenvalue weighted by Gasteiger charge is 2.38. The molecule has 10 heteroatoms. The molecule has 9 nitrogen and oxygen atoms in total. The van der Waals surface area contributed by atoms with Gasteiger partial charge in [0, 0.05) is 51.0 Å². The zero-order chi connectivity index (χ0) is 23.4. The van der Waals surface area contributed by atoms with Crippen LogP contribution in [0.2, 0.25) is 0 Å². The van der Waals surface area contributed by atoms with Crippen molar-refractivity contribution in [2.75, 3.05) is 39.8 Å². The fraction of sp³-hybridized carbons (Fsp3) is 0.591. The number of piperazine rings is 1. The van der Waals surface area contributed by atoms with E-state index < -0.39 is 12.0 Å². The van der Waals surface area contributed by atoms with E-state index in [1.807, 2.05) is 42.5 Å². The number of urea groups is 2. The van der Waals surface area contributed by atoms with Crippen molar-refractivity contribution < 1.29 is 19.1 Å². The number of amides is 4. The second-order valence-corrected chi connectivity index (χ2v) is 9.24. The number of thiophene rings is 1. The van der Waals surface area contributed by atoms with E-state index in [4.69, 9.17) is 4.74 Å². The number of likely N-dealkylation sites (N-methyl/N-ethyl adjacent to an activating group) is 1. The molecule has 1 aromatic rings. The fourth-order valence-electron chi connectivity index (χ4n) is 4.11. The number of ether oxygens (including phenoxy) is 1. The predicted octanol–water partition coefficient (Wildman–Crippen LogP) is 2.39. The quantitative estimate of drug-likeness (QED) is 0.632. The van der Waals surface area contributed by atoms with Gasteiger partial charge in [-0.1, -0.05) is 0 Å². The molecule has 3 rings (SSSR count). The lowest BCUT2D eigenvalue weighted by molar-refractivity contribution is -0.139. The molecule has 0 radical (unpaired) electrons. The Balaban J connectivity index is 1.85. The van der Waals surface area contributed by atoms with Gasteiger partial charge in [-0.05, 0) is 50.1 Å². The zero-order valence-electron chi connectivity index (χ0n) is 19.4. The predicted molar refractivity (Wildman–Crippen MR) is 123 cm³/mol. The lowest BCUT2D eigenvalue weighted by Gasteiger charge is -2.42. The molecule has 176 valence electrons. The van der Waals surface area contributed by atoms with Crippen LogP contribution < -0.4 is 10.6 Å². The maximum atomic E-state index is 13.0. The Morgan fingerprint density at radius 3 is 2.69 bits per heavy atom. The summed E-state index contributed by atoms with van der Waals surface area (Å²) in [5, 5.41) is 9.73. The number of carbonyl (C=O) groups excluding carboxylic acids is 3. The zero-order valence-corrected chi connectivity index (χ0v) is 20.2. The average Bonchev–Trinajstić information content (AvgIpc) is 3.25. The molecule has 2 aliphatic rings. The van der Waals surface area contributed by atoms with E-state index in [-0.39, 0.29) is 30.8 Å². The van der Waals surface area contributed by atoms with Crippen LogP contribution in [0.1, 0.15) is 39.3 Å². The molecule has 0 aromatic carbocycles. The SMILES string of the molecule is CCOC(=O)C1=C(CN2CCN(C(=O)NC(C)C)[C@H](C)C2)N(C)C(=O)N[C@@H]1c1ccsc1. The van der Waals surface area contributed by atoms with Crippen LogP contribution in [0.4, 0.5) is 9.59 Å². The number of rotatable bonds is 6. The highest BCUT2D eigenvalue weighted by molar-refractivity contribution is 7.08. The Kier molecular flexibility index (Phi) is 7.78. The number of nitrogens with one attached hydrogen (secondary N) is 2. The molecule has 0 saturated carbocycles. The highest BCUT2D eigenvalue weighted by Crippen LogP contribution is 2.32. The molecule has 1 aromatic heterocycles. The third-order valence-electron chi connectivity index (χ3n) is 5.71. The van der Waals surface area contributed by atoms with Crippen LogP contribution in [-0.4, -0.2) is 84.6 Å². The van der Waals surface area contributed by atoms with Crippen LogP contribution in [-0.2, 0) is 9.53 Å². The lowest BCUT2D eigenvalue weighted by atomic mass is 9.96. The van der Waals surface area contributed by atoms with Crippen LogP contribution in [0.25, 0.3) is 0 Å². The molecule has 0 unspecified atom stereocenters. The van der Waals surface area contributed by atoms with Crippen LogP contribution in [0, 0.1) is 0 Å². The van der Waals surface area contributed by atoms with Crippen molar-refractivity contribution in [2.24, 2.45) is 0 Å². The standard InChI is InChI=1S/C22H33N5O4S/c1-6-31-20(28)18-17(25(5)21(29)24-19(18)16-7-10-32-13-16)12-26-8-9-27(15(4)11-26)22(30)23-14(2)3/h7,10,13-15,19H,6,8-9,11-12H2,1-5H3,(H,23,30)(H,24,29)/t15-,19-/m1/s1. The van der Waals surface area contributed by atoms with Crippen LogP contribution in [0.3, 0.4) is 0 Å². The van der Waals surface area contributed by atoms with Gasteiger partial charge in [-0.2, -0.15) is 11.3 Å². The maximum absolute atomic E-state index is 13.0. The van der Waals surface area contributed by atoms with Crippen molar-refractivity contribution in [2.45, 2.75) is 45.8 Å². The molecule has 1 saturated heterocycles. The van der Waals surface area contributed by atoms with Gasteiger partial charge in [0.2, 0.25) is 0 Å². The van der Waals surface area contributed by atoms with E-state index in [1.165, 1.54) is 16.2 Å². The van der Waals surface area contributed by atoms with Crippen LogP contribution in [0.15, 0.2) is 28.1 Å². The molecule has 0 aliphatic carbocycles. The largest absolute Gasteiger partial charge is 0.463 e. The lowest BCUT2D eigenvalue weighted by Crippen LogP contribution is -2.58. The first-order valence-electron chi connectivity index (χ1n) is 11.0. The van der Waals surface area contributed by atoms with Gasteiger partial charge in [-0.3, -0.25) is 9.80 Å². The van der Waals surface area contributed by atoms with Gasteiger partial charge in [-0.15, -0.1) is 0 Å². The van der Waals surface area contributed by atoms with Gasteiger partial charge in [0.15, 0.2) is 0 Å². The summed E-state index contributed by atoms with van der Waals surface area (Å²) in [5.41, 5.74) is 1.95. The van der Waals surface area contributed by atoms with Crippen molar-refractivity contribution in [3.05, 3.63) is 33.7 Å².